The van der Waals surface area contributed by atoms with E-state index in [4.69, 9.17) is 0 Å². The normalized spacial score (nSPS) is 20.2. The Bertz CT molecular complexity index is 1060. The maximum Gasteiger partial charge on any atom is 0.326 e. The van der Waals surface area contributed by atoms with Gasteiger partial charge in [-0.3, -0.25) is 4.57 Å². The molecule has 3 unspecified atom stereocenters. The zero-order chi connectivity index (χ0) is 19.8. The number of hydrogen-bond acceptors (Lipinski definition) is 4. The van der Waals surface area contributed by atoms with Crippen molar-refractivity contribution < 1.29 is 14.6 Å². The number of nitrogens with one attached hydrogen (secondary N) is 2. The molecule has 0 bridgehead atoms. The number of para-hydroxylation sites is 1. The highest BCUT2D eigenvalue weighted by Gasteiger charge is 2.29. The van der Waals surface area contributed by atoms with E-state index in [9.17, 15) is 19.4 Å². The van der Waals surface area contributed by atoms with Crippen LogP contribution in [0.2, 0.25) is 0 Å². The molecule has 6 nitrogen and oxygen atoms in total. The summed E-state index contributed by atoms with van der Waals surface area (Å²) in [5.74, 6) is -0.277. The number of phenols is 1. The summed E-state index contributed by atoms with van der Waals surface area (Å²) in [5, 5.41) is 24.3. The van der Waals surface area contributed by atoms with Crippen LogP contribution in [0.3, 0.4) is 0 Å². The molecule has 1 aliphatic heterocycles. The Hall–Kier alpha value is -2.64. The second kappa shape index (κ2) is 7.41. The highest BCUT2D eigenvalue weighted by atomic mass is 19.1. The van der Waals surface area contributed by atoms with E-state index >= 15 is 0 Å². The molecule has 0 fully saturated rings. The molecule has 2 heterocycles. The van der Waals surface area contributed by atoms with E-state index in [-0.39, 0.29) is 29.3 Å². The second-order valence-electron chi connectivity index (χ2n) is 7.54. The second-order valence-corrected chi connectivity index (χ2v) is 7.54. The van der Waals surface area contributed by atoms with Gasteiger partial charge in [0.05, 0.1) is 17.1 Å². The number of aliphatic hydroxyl groups excluding tert-OH is 1. The number of halogens is 1. The molecule has 0 spiro atoms. The molecule has 0 saturated carbocycles. The Morgan fingerprint density at radius 1 is 1.36 bits per heavy atom. The van der Waals surface area contributed by atoms with Crippen molar-refractivity contribution in [2.45, 2.75) is 50.9 Å². The lowest BCUT2D eigenvalue weighted by atomic mass is 9.98. The van der Waals surface area contributed by atoms with E-state index in [1.165, 1.54) is 18.2 Å². The number of hydrogen-bond donors (Lipinski definition) is 4. The molecule has 0 amide bonds. The Morgan fingerprint density at radius 2 is 2.18 bits per heavy atom. The van der Waals surface area contributed by atoms with Crippen LogP contribution >= 0.6 is 0 Å². The molecule has 1 aliphatic rings. The SMILES string of the molecule is CC(CCc1cc(F)ccc1O)NC1CCn2c(=O)[nH]c3cccc(c32)C1O. The quantitative estimate of drug-likeness (QED) is 0.543. The van der Waals surface area contributed by atoms with Crippen LogP contribution in [0, 0.1) is 5.82 Å². The largest absolute Gasteiger partial charge is 0.508 e. The third-order valence-electron chi connectivity index (χ3n) is 5.57. The van der Waals surface area contributed by atoms with Gasteiger partial charge in [-0.05, 0) is 56.0 Å². The summed E-state index contributed by atoms with van der Waals surface area (Å²) in [7, 11) is 0. The number of benzene rings is 2. The minimum Gasteiger partial charge on any atom is -0.508 e. The van der Waals surface area contributed by atoms with Crippen molar-refractivity contribution >= 4 is 11.0 Å². The lowest BCUT2D eigenvalue weighted by Gasteiger charge is -2.26. The first-order valence-corrected chi connectivity index (χ1v) is 9.57. The highest BCUT2D eigenvalue weighted by Crippen LogP contribution is 2.30. The fraction of sp³-hybridized carbons (Fsp3) is 0.381. The fourth-order valence-electron chi connectivity index (χ4n) is 4.09. The van der Waals surface area contributed by atoms with Crippen molar-refractivity contribution in [2.75, 3.05) is 0 Å². The van der Waals surface area contributed by atoms with Crippen LogP contribution < -0.4 is 11.0 Å². The molecular weight excluding hydrogens is 361 g/mol. The van der Waals surface area contributed by atoms with E-state index < -0.39 is 6.10 Å². The fourth-order valence-corrected chi connectivity index (χ4v) is 4.09. The Labute approximate surface area is 161 Å². The van der Waals surface area contributed by atoms with Gasteiger partial charge in [0.2, 0.25) is 0 Å². The van der Waals surface area contributed by atoms with Crippen LogP contribution in [0.4, 0.5) is 4.39 Å². The van der Waals surface area contributed by atoms with Crippen LogP contribution in [0.15, 0.2) is 41.2 Å². The molecule has 28 heavy (non-hydrogen) atoms. The van der Waals surface area contributed by atoms with Gasteiger partial charge in [-0.15, -0.1) is 0 Å². The third kappa shape index (κ3) is 3.43. The van der Waals surface area contributed by atoms with Gasteiger partial charge < -0.3 is 20.5 Å². The molecular formula is C21H24FN3O3. The molecule has 2 aromatic carbocycles. The van der Waals surface area contributed by atoms with Gasteiger partial charge in [0.25, 0.3) is 0 Å². The van der Waals surface area contributed by atoms with Crippen LogP contribution in [-0.2, 0) is 13.0 Å². The van der Waals surface area contributed by atoms with Crippen LogP contribution in [0.5, 0.6) is 5.75 Å². The maximum absolute atomic E-state index is 13.4. The van der Waals surface area contributed by atoms with Gasteiger partial charge in [-0.2, -0.15) is 0 Å². The number of H-pyrrole nitrogens is 1. The van der Waals surface area contributed by atoms with Crippen molar-refractivity contribution in [1.82, 2.24) is 14.9 Å². The number of phenolic OH excluding ortho intramolecular Hbond substituents is 1. The number of aromatic amines is 1. The summed E-state index contributed by atoms with van der Waals surface area (Å²) >= 11 is 0. The first kappa shape index (κ1) is 18.7. The van der Waals surface area contributed by atoms with Crippen molar-refractivity contribution in [3.63, 3.8) is 0 Å². The van der Waals surface area contributed by atoms with Gasteiger partial charge in [-0.25, -0.2) is 9.18 Å². The predicted molar refractivity (Wildman–Crippen MR) is 105 cm³/mol. The van der Waals surface area contributed by atoms with Crippen molar-refractivity contribution in [3.05, 3.63) is 63.8 Å². The first-order valence-electron chi connectivity index (χ1n) is 9.57. The first-order chi connectivity index (χ1) is 13.4. The molecule has 0 saturated heterocycles. The molecule has 7 heteroatoms. The average Bonchev–Trinajstić information content (AvgIpc) is 2.92. The van der Waals surface area contributed by atoms with Gasteiger partial charge in [-0.1, -0.05) is 12.1 Å². The zero-order valence-electron chi connectivity index (χ0n) is 15.7. The van der Waals surface area contributed by atoms with Crippen LogP contribution in [-0.4, -0.2) is 31.8 Å². The zero-order valence-corrected chi connectivity index (χ0v) is 15.7. The van der Waals surface area contributed by atoms with Gasteiger partial charge >= 0.3 is 5.69 Å². The van der Waals surface area contributed by atoms with Crippen molar-refractivity contribution in [2.24, 2.45) is 0 Å². The Balaban J connectivity index is 1.48. The molecule has 3 atom stereocenters. The number of aromatic nitrogens is 2. The number of rotatable bonds is 5. The summed E-state index contributed by atoms with van der Waals surface area (Å²) in [6.45, 7) is 2.52. The van der Waals surface area contributed by atoms with E-state index in [1.807, 2.05) is 25.1 Å². The van der Waals surface area contributed by atoms with Gasteiger partial charge in [0.15, 0.2) is 0 Å². The van der Waals surface area contributed by atoms with Crippen LogP contribution in [0.25, 0.3) is 11.0 Å². The topological polar surface area (TPSA) is 90.3 Å². The molecule has 4 N–H and O–H groups in total. The van der Waals surface area contributed by atoms with Crippen molar-refractivity contribution in [1.29, 1.82) is 0 Å². The minimum atomic E-state index is -0.738. The summed E-state index contributed by atoms with van der Waals surface area (Å²) in [5.41, 5.74) is 2.64. The summed E-state index contributed by atoms with van der Waals surface area (Å²) in [6.07, 6.45) is 1.07. The molecule has 0 radical (unpaired) electrons. The lowest BCUT2D eigenvalue weighted by Crippen LogP contribution is -2.41. The summed E-state index contributed by atoms with van der Waals surface area (Å²) in [6, 6.07) is 9.31. The number of aryl methyl sites for hydroxylation is 2. The van der Waals surface area contributed by atoms with E-state index in [0.717, 1.165) is 16.6 Å². The molecule has 4 rings (SSSR count). The molecule has 1 aromatic heterocycles. The molecule has 148 valence electrons. The van der Waals surface area contributed by atoms with Gasteiger partial charge in [0, 0.05) is 24.2 Å². The number of aliphatic hydroxyl groups is 1. The monoisotopic (exact) mass is 385 g/mol. The average molecular weight is 385 g/mol. The Morgan fingerprint density at radius 3 is 3.00 bits per heavy atom. The number of aromatic hydroxyl groups is 1. The third-order valence-corrected chi connectivity index (χ3v) is 5.57. The molecule has 3 aromatic rings. The number of nitrogens with zero attached hydrogens (tertiary/aromatic N) is 1. The van der Waals surface area contributed by atoms with E-state index in [1.54, 1.807) is 4.57 Å². The smallest absolute Gasteiger partial charge is 0.326 e. The molecule has 0 aliphatic carbocycles. The van der Waals surface area contributed by atoms with E-state index in [0.29, 0.717) is 31.4 Å². The minimum absolute atomic E-state index is 0.0391. The highest BCUT2D eigenvalue weighted by molar-refractivity contribution is 5.79. The Kier molecular flexibility index (Phi) is 4.95. The van der Waals surface area contributed by atoms with Crippen LogP contribution in [0.1, 0.15) is 37.0 Å². The lowest BCUT2D eigenvalue weighted by molar-refractivity contribution is 0.119. The standard InChI is InChI=1S/C21H24FN3O3/c1-12(5-6-13-11-14(22)7-8-18(13)26)23-17-9-10-25-19-15(20(17)27)3-2-4-16(19)24-21(25)28/h2-4,7-8,11-12,17,20,23,26-27H,5-6,9-10H2,1H3,(H,24,28). The predicted octanol–water partition coefficient (Wildman–Crippen LogP) is 2.59. The summed E-state index contributed by atoms with van der Waals surface area (Å²) in [4.78, 5) is 15.0. The maximum atomic E-state index is 13.4. The number of imidazole rings is 1. The van der Waals surface area contributed by atoms with E-state index in [2.05, 4.69) is 10.3 Å². The summed E-state index contributed by atoms with van der Waals surface area (Å²) < 4.78 is 15.1. The van der Waals surface area contributed by atoms with Gasteiger partial charge in [0.1, 0.15) is 11.6 Å². The van der Waals surface area contributed by atoms with Crippen molar-refractivity contribution in [3.8, 4) is 5.75 Å².